The molecular formula is C10H16FN3O2. The van der Waals surface area contributed by atoms with Gasteiger partial charge in [0.05, 0.1) is 23.7 Å². The third-order valence-electron chi connectivity index (χ3n) is 2.25. The van der Waals surface area contributed by atoms with Crippen molar-refractivity contribution < 1.29 is 14.6 Å². The molecule has 0 radical (unpaired) electrons. The van der Waals surface area contributed by atoms with Crippen molar-refractivity contribution >= 4 is 5.69 Å². The van der Waals surface area contributed by atoms with Crippen LogP contribution in [-0.2, 0) is 0 Å². The molecule has 0 saturated heterocycles. The molecule has 0 aliphatic heterocycles. The van der Waals surface area contributed by atoms with E-state index in [1.165, 1.54) is 0 Å². The van der Waals surface area contributed by atoms with E-state index in [9.17, 15) is 14.6 Å². The topological polar surface area (TPSA) is 91.4 Å². The minimum atomic E-state index is -1.20. The smallest absolute Gasteiger partial charge is 0.143 e. The Kier molecular flexibility index (Phi) is 4.60. The van der Waals surface area contributed by atoms with Gasteiger partial charge < -0.3 is 21.3 Å². The van der Waals surface area contributed by atoms with Crippen molar-refractivity contribution in [2.75, 3.05) is 19.3 Å². The fourth-order valence-electron chi connectivity index (χ4n) is 1.34. The Labute approximate surface area is 93.1 Å². The summed E-state index contributed by atoms with van der Waals surface area (Å²) in [6.45, 7) is 0.555. The van der Waals surface area contributed by atoms with Gasteiger partial charge in [0.1, 0.15) is 11.9 Å². The van der Waals surface area contributed by atoms with Crippen molar-refractivity contribution in [2.45, 2.75) is 18.6 Å². The first-order valence-electron chi connectivity index (χ1n) is 4.98. The minimum absolute atomic E-state index is 0.0380. The zero-order valence-electron chi connectivity index (χ0n) is 9.02. The Morgan fingerprint density at radius 1 is 1.56 bits per heavy atom. The number of pyridine rings is 1. The molecule has 0 aromatic carbocycles. The SMILES string of the molecule is CNCCC(O)C(O)c1ncc(F)cc1N. The summed E-state index contributed by atoms with van der Waals surface area (Å²) in [7, 11) is 1.74. The maximum absolute atomic E-state index is 12.7. The summed E-state index contributed by atoms with van der Waals surface area (Å²) in [4.78, 5) is 3.68. The molecular weight excluding hydrogens is 213 g/mol. The van der Waals surface area contributed by atoms with Crippen LogP contribution in [0.4, 0.5) is 10.1 Å². The predicted octanol–water partition coefficient (Wildman–Crippen LogP) is -0.193. The summed E-state index contributed by atoms with van der Waals surface area (Å²) in [5, 5.41) is 22.2. The summed E-state index contributed by atoms with van der Waals surface area (Å²) in [6, 6.07) is 1.07. The summed E-state index contributed by atoms with van der Waals surface area (Å²) in [6.07, 6.45) is -0.864. The first-order chi connectivity index (χ1) is 7.56. The molecule has 1 heterocycles. The Bertz CT molecular complexity index is 349. The molecule has 1 aromatic heterocycles. The van der Waals surface area contributed by atoms with E-state index >= 15 is 0 Å². The van der Waals surface area contributed by atoms with E-state index in [-0.39, 0.29) is 11.4 Å². The fourth-order valence-corrected chi connectivity index (χ4v) is 1.34. The zero-order chi connectivity index (χ0) is 12.1. The summed E-state index contributed by atoms with van der Waals surface area (Å²) >= 11 is 0. The Hall–Kier alpha value is -1.24. The van der Waals surface area contributed by atoms with Crippen molar-refractivity contribution in [3.05, 3.63) is 23.8 Å². The number of aliphatic hydroxyl groups excluding tert-OH is 2. The molecule has 1 rings (SSSR count). The minimum Gasteiger partial charge on any atom is -0.397 e. The molecule has 0 spiro atoms. The van der Waals surface area contributed by atoms with Crippen molar-refractivity contribution in [2.24, 2.45) is 0 Å². The summed E-state index contributed by atoms with van der Waals surface area (Å²) in [5.74, 6) is -0.571. The standard InChI is InChI=1S/C10H16FN3O2/c1-13-3-2-8(15)10(16)9-7(12)4-6(11)5-14-9/h4-5,8,10,13,15-16H,2-3,12H2,1H3. The van der Waals surface area contributed by atoms with Crippen LogP contribution >= 0.6 is 0 Å². The van der Waals surface area contributed by atoms with Crippen LogP contribution in [0.1, 0.15) is 18.2 Å². The highest BCUT2D eigenvalue weighted by atomic mass is 19.1. The van der Waals surface area contributed by atoms with Crippen LogP contribution in [0.2, 0.25) is 0 Å². The third kappa shape index (κ3) is 3.13. The van der Waals surface area contributed by atoms with Gasteiger partial charge in [-0.25, -0.2) is 4.39 Å². The van der Waals surface area contributed by atoms with Gasteiger partial charge in [0.2, 0.25) is 0 Å². The van der Waals surface area contributed by atoms with E-state index in [2.05, 4.69) is 10.3 Å². The van der Waals surface area contributed by atoms with E-state index in [0.29, 0.717) is 13.0 Å². The zero-order valence-corrected chi connectivity index (χ0v) is 9.02. The molecule has 0 fully saturated rings. The largest absolute Gasteiger partial charge is 0.397 e. The van der Waals surface area contributed by atoms with Crippen LogP contribution in [0.25, 0.3) is 0 Å². The number of nitrogens with zero attached hydrogens (tertiary/aromatic N) is 1. The summed E-state index contributed by atoms with van der Waals surface area (Å²) < 4.78 is 12.7. The fraction of sp³-hybridized carbons (Fsp3) is 0.500. The van der Waals surface area contributed by atoms with Crippen molar-refractivity contribution in [1.82, 2.24) is 10.3 Å². The molecule has 2 unspecified atom stereocenters. The quantitative estimate of drug-likeness (QED) is 0.561. The highest BCUT2D eigenvalue weighted by Crippen LogP contribution is 2.22. The van der Waals surface area contributed by atoms with Gasteiger partial charge in [-0.2, -0.15) is 0 Å². The van der Waals surface area contributed by atoms with Gasteiger partial charge in [-0.15, -0.1) is 0 Å². The molecule has 6 heteroatoms. The van der Waals surface area contributed by atoms with Gasteiger partial charge >= 0.3 is 0 Å². The third-order valence-corrected chi connectivity index (χ3v) is 2.25. The van der Waals surface area contributed by atoms with Gasteiger partial charge in [-0.3, -0.25) is 4.98 Å². The van der Waals surface area contributed by atoms with Gasteiger partial charge in [0.25, 0.3) is 0 Å². The Balaban J connectivity index is 2.75. The lowest BCUT2D eigenvalue weighted by Gasteiger charge is -2.18. The normalized spacial score (nSPS) is 14.8. The van der Waals surface area contributed by atoms with E-state index in [0.717, 1.165) is 12.3 Å². The van der Waals surface area contributed by atoms with Crippen LogP contribution in [0.15, 0.2) is 12.3 Å². The second-order valence-corrected chi connectivity index (χ2v) is 3.53. The number of nitrogens with two attached hydrogens (primary N) is 1. The van der Waals surface area contributed by atoms with E-state index in [1.54, 1.807) is 7.05 Å². The average Bonchev–Trinajstić information content (AvgIpc) is 2.25. The van der Waals surface area contributed by atoms with E-state index in [4.69, 9.17) is 5.73 Å². The predicted molar refractivity (Wildman–Crippen MR) is 58.1 cm³/mol. The lowest BCUT2D eigenvalue weighted by molar-refractivity contribution is 0.0119. The number of rotatable bonds is 5. The van der Waals surface area contributed by atoms with E-state index in [1.807, 2.05) is 0 Å². The lowest BCUT2D eigenvalue weighted by Crippen LogP contribution is -2.24. The van der Waals surface area contributed by atoms with Crippen LogP contribution in [0.3, 0.4) is 0 Å². The van der Waals surface area contributed by atoms with Crippen molar-refractivity contribution in [1.29, 1.82) is 0 Å². The number of aliphatic hydroxyl groups is 2. The molecule has 90 valence electrons. The van der Waals surface area contributed by atoms with Gasteiger partial charge in [-0.05, 0) is 20.0 Å². The molecule has 0 bridgehead atoms. The molecule has 0 aliphatic rings. The molecule has 0 aliphatic carbocycles. The first-order valence-corrected chi connectivity index (χ1v) is 4.98. The molecule has 16 heavy (non-hydrogen) atoms. The van der Waals surface area contributed by atoms with Crippen LogP contribution in [-0.4, -0.2) is 34.9 Å². The number of hydrogen-bond acceptors (Lipinski definition) is 5. The van der Waals surface area contributed by atoms with Gasteiger partial charge in [0.15, 0.2) is 0 Å². The van der Waals surface area contributed by atoms with Gasteiger partial charge in [-0.1, -0.05) is 0 Å². The van der Waals surface area contributed by atoms with Crippen LogP contribution in [0, 0.1) is 5.82 Å². The molecule has 1 aromatic rings. The van der Waals surface area contributed by atoms with Gasteiger partial charge in [0, 0.05) is 6.07 Å². The number of hydrogen-bond donors (Lipinski definition) is 4. The van der Waals surface area contributed by atoms with Crippen LogP contribution in [0.5, 0.6) is 0 Å². The Morgan fingerprint density at radius 2 is 2.25 bits per heavy atom. The highest BCUT2D eigenvalue weighted by molar-refractivity contribution is 5.43. The molecule has 2 atom stereocenters. The van der Waals surface area contributed by atoms with E-state index < -0.39 is 18.0 Å². The monoisotopic (exact) mass is 229 g/mol. The Morgan fingerprint density at radius 3 is 2.81 bits per heavy atom. The lowest BCUT2D eigenvalue weighted by atomic mass is 10.1. The van der Waals surface area contributed by atoms with Crippen molar-refractivity contribution in [3.8, 4) is 0 Å². The maximum Gasteiger partial charge on any atom is 0.143 e. The first kappa shape index (κ1) is 12.8. The second kappa shape index (κ2) is 5.74. The molecule has 5 nitrogen and oxygen atoms in total. The molecule has 0 amide bonds. The highest BCUT2D eigenvalue weighted by Gasteiger charge is 2.21. The second-order valence-electron chi connectivity index (χ2n) is 3.53. The van der Waals surface area contributed by atoms with Crippen molar-refractivity contribution in [3.63, 3.8) is 0 Å². The number of aromatic nitrogens is 1. The molecule has 5 N–H and O–H groups in total. The average molecular weight is 229 g/mol. The maximum atomic E-state index is 12.7. The number of nitrogens with one attached hydrogen (secondary N) is 1. The number of halogens is 1. The van der Waals surface area contributed by atoms with Crippen LogP contribution < -0.4 is 11.1 Å². The number of nitrogen functional groups attached to an aromatic ring is 1. The number of anilines is 1. The molecule has 0 saturated carbocycles. The summed E-state index contributed by atoms with van der Waals surface area (Å²) in [5.41, 5.74) is 5.64.